The van der Waals surface area contributed by atoms with Crippen molar-refractivity contribution in [2.45, 2.75) is 12.1 Å². The topological polar surface area (TPSA) is 90.0 Å². The van der Waals surface area contributed by atoms with E-state index in [1.807, 2.05) is 13.0 Å². The molecule has 3 N–H and O–H groups in total. The number of carbonyl (C=O) groups is 1. The third kappa shape index (κ3) is 3.78. The maximum absolute atomic E-state index is 12.2. The summed E-state index contributed by atoms with van der Waals surface area (Å²) in [6, 6.07) is 12.2. The molecule has 0 aliphatic heterocycles. The number of nitrogens with one attached hydrogen (secondary N) is 1. The molecule has 0 radical (unpaired) electrons. The minimum absolute atomic E-state index is 0.0630. The number of thioether (sulfide) groups is 1. The molecule has 0 bridgehead atoms. The van der Waals surface area contributed by atoms with Crippen molar-refractivity contribution < 1.29 is 4.79 Å². The SMILES string of the molecule is Cc1ccc(NC(=O)CSc2nc3ccccc3c(=O)n2N)cc1Cl. The Kier molecular flexibility index (Phi) is 4.96. The minimum Gasteiger partial charge on any atom is -0.334 e. The lowest BCUT2D eigenvalue weighted by Gasteiger charge is -2.09. The molecular formula is C17H15ClN4O2S. The van der Waals surface area contributed by atoms with Gasteiger partial charge in [-0.3, -0.25) is 9.59 Å². The van der Waals surface area contributed by atoms with Crippen molar-refractivity contribution in [1.29, 1.82) is 0 Å². The number of carbonyl (C=O) groups excluding carboxylic acids is 1. The van der Waals surface area contributed by atoms with Crippen LogP contribution in [0, 0.1) is 6.92 Å². The smallest absolute Gasteiger partial charge is 0.280 e. The maximum Gasteiger partial charge on any atom is 0.280 e. The fourth-order valence-electron chi connectivity index (χ4n) is 2.23. The molecule has 8 heteroatoms. The average Bonchev–Trinajstić information content (AvgIpc) is 2.60. The normalized spacial score (nSPS) is 10.8. The molecule has 0 aliphatic carbocycles. The lowest BCUT2D eigenvalue weighted by Crippen LogP contribution is -2.30. The van der Waals surface area contributed by atoms with Crippen LogP contribution in [0.25, 0.3) is 10.9 Å². The molecule has 3 aromatic rings. The number of aromatic nitrogens is 2. The van der Waals surface area contributed by atoms with E-state index in [0.29, 0.717) is 21.6 Å². The van der Waals surface area contributed by atoms with Gasteiger partial charge in [0, 0.05) is 10.7 Å². The van der Waals surface area contributed by atoms with Crippen LogP contribution in [-0.2, 0) is 4.79 Å². The number of fused-ring (bicyclic) bond motifs is 1. The maximum atomic E-state index is 12.2. The van der Waals surface area contributed by atoms with E-state index >= 15 is 0 Å². The van der Waals surface area contributed by atoms with Crippen molar-refractivity contribution in [3.8, 4) is 0 Å². The molecule has 1 aromatic heterocycles. The second kappa shape index (κ2) is 7.16. The first-order chi connectivity index (χ1) is 12.0. The lowest BCUT2D eigenvalue weighted by molar-refractivity contribution is -0.113. The zero-order valence-corrected chi connectivity index (χ0v) is 14.9. The summed E-state index contributed by atoms with van der Waals surface area (Å²) in [6.07, 6.45) is 0. The molecule has 2 aromatic carbocycles. The number of nitrogens with zero attached hydrogens (tertiary/aromatic N) is 2. The number of rotatable bonds is 4. The standard InChI is InChI=1S/C17H15ClN4O2S/c1-10-6-7-11(8-13(10)18)20-15(23)9-25-17-21-14-5-3-2-4-12(14)16(24)22(17)19/h2-8H,9,19H2,1H3,(H,20,23). The van der Waals surface area contributed by atoms with E-state index < -0.39 is 0 Å². The molecule has 25 heavy (non-hydrogen) atoms. The Labute approximate surface area is 153 Å². The predicted octanol–water partition coefficient (Wildman–Crippen LogP) is 2.80. The Hall–Kier alpha value is -2.51. The van der Waals surface area contributed by atoms with E-state index in [9.17, 15) is 9.59 Å². The highest BCUT2D eigenvalue weighted by Crippen LogP contribution is 2.21. The molecule has 0 saturated heterocycles. The number of nitrogens with two attached hydrogens (primary N) is 1. The predicted molar refractivity (Wildman–Crippen MR) is 102 cm³/mol. The van der Waals surface area contributed by atoms with Gasteiger partial charge in [-0.05, 0) is 36.8 Å². The molecule has 0 aliphatic rings. The van der Waals surface area contributed by atoms with Gasteiger partial charge in [0.05, 0.1) is 16.7 Å². The Morgan fingerprint density at radius 3 is 2.84 bits per heavy atom. The molecule has 128 valence electrons. The fourth-order valence-corrected chi connectivity index (χ4v) is 3.12. The monoisotopic (exact) mass is 374 g/mol. The molecule has 0 atom stereocenters. The van der Waals surface area contributed by atoms with Gasteiger partial charge >= 0.3 is 0 Å². The molecule has 1 heterocycles. The van der Waals surface area contributed by atoms with E-state index in [4.69, 9.17) is 17.4 Å². The molecule has 0 unspecified atom stereocenters. The summed E-state index contributed by atoms with van der Waals surface area (Å²) < 4.78 is 0.961. The highest BCUT2D eigenvalue weighted by atomic mass is 35.5. The second-order valence-electron chi connectivity index (χ2n) is 5.39. The van der Waals surface area contributed by atoms with Crippen LogP contribution in [0.5, 0.6) is 0 Å². The third-order valence-corrected chi connectivity index (χ3v) is 4.92. The second-order valence-corrected chi connectivity index (χ2v) is 6.74. The van der Waals surface area contributed by atoms with Crippen LogP contribution in [0.15, 0.2) is 52.4 Å². The van der Waals surface area contributed by atoms with E-state index in [2.05, 4.69) is 10.3 Å². The first-order valence-electron chi connectivity index (χ1n) is 7.41. The lowest BCUT2D eigenvalue weighted by atomic mass is 10.2. The Morgan fingerprint density at radius 1 is 1.32 bits per heavy atom. The van der Waals surface area contributed by atoms with Crippen molar-refractivity contribution in [1.82, 2.24) is 9.66 Å². The van der Waals surface area contributed by atoms with Gasteiger partial charge < -0.3 is 11.2 Å². The van der Waals surface area contributed by atoms with Crippen molar-refractivity contribution >= 4 is 45.9 Å². The van der Waals surface area contributed by atoms with Crippen LogP contribution in [0.1, 0.15) is 5.56 Å². The first kappa shape index (κ1) is 17.3. The summed E-state index contributed by atoms with van der Waals surface area (Å²) >= 11 is 7.14. The van der Waals surface area contributed by atoms with Gasteiger partial charge in [0.15, 0.2) is 5.16 Å². The van der Waals surface area contributed by atoms with Gasteiger partial charge in [-0.25, -0.2) is 9.66 Å². The van der Waals surface area contributed by atoms with Crippen LogP contribution in [-0.4, -0.2) is 21.3 Å². The zero-order chi connectivity index (χ0) is 18.0. The van der Waals surface area contributed by atoms with Gasteiger partial charge in [0.25, 0.3) is 5.56 Å². The number of anilines is 1. The van der Waals surface area contributed by atoms with Gasteiger partial charge in [0.1, 0.15) is 0 Å². The molecule has 0 saturated carbocycles. The van der Waals surface area contributed by atoms with Gasteiger partial charge in [-0.1, -0.05) is 41.6 Å². The minimum atomic E-state index is -0.348. The summed E-state index contributed by atoms with van der Waals surface area (Å²) in [7, 11) is 0. The van der Waals surface area contributed by atoms with Crippen LogP contribution >= 0.6 is 23.4 Å². The van der Waals surface area contributed by atoms with Crippen LogP contribution in [0.3, 0.4) is 0 Å². The highest BCUT2D eigenvalue weighted by molar-refractivity contribution is 7.99. The van der Waals surface area contributed by atoms with Crippen LogP contribution < -0.4 is 16.7 Å². The molecule has 0 spiro atoms. The number of hydrogen-bond donors (Lipinski definition) is 2. The van der Waals surface area contributed by atoms with E-state index in [1.54, 1.807) is 36.4 Å². The molecular weight excluding hydrogens is 360 g/mol. The van der Waals surface area contributed by atoms with Crippen LogP contribution in [0.4, 0.5) is 5.69 Å². The molecule has 3 rings (SSSR count). The quantitative estimate of drug-likeness (QED) is 0.416. The van der Waals surface area contributed by atoms with Gasteiger partial charge in [0.2, 0.25) is 5.91 Å². The summed E-state index contributed by atoms with van der Waals surface area (Å²) in [4.78, 5) is 28.7. The fraction of sp³-hybridized carbons (Fsp3) is 0.118. The van der Waals surface area contributed by atoms with E-state index in [0.717, 1.165) is 22.0 Å². The summed E-state index contributed by atoms with van der Waals surface area (Å²) in [5.41, 5.74) is 1.74. The van der Waals surface area contributed by atoms with E-state index in [1.165, 1.54) is 0 Å². The highest BCUT2D eigenvalue weighted by Gasteiger charge is 2.11. The van der Waals surface area contributed by atoms with Crippen LogP contribution in [0.2, 0.25) is 5.02 Å². The zero-order valence-electron chi connectivity index (χ0n) is 13.3. The molecule has 1 amide bonds. The largest absolute Gasteiger partial charge is 0.334 e. The van der Waals surface area contributed by atoms with Crippen molar-refractivity contribution in [3.05, 3.63) is 63.4 Å². The number of para-hydroxylation sites is 1. The summed E-state index contributed by atoms with van der Waals surface area (Å²) in [5.74, 6) is 5.62. The first-order valence-corrected chi connectivity index (χ1v) is 8.78. The van der Waals surface area contributed by atoms with Crippen molar-refractivity contribution in [2.75, 3.05) is 16.9 Å². The summed E-state index contributed by atoms with van der Waals surface area (Å²) in [5, 5.41) is 4.05. The molecule has 0 fully saturated rings. The van der Waals surface area contributed by atoms with E-state index in [-0.39, 0.29) is 22.4 Å². The number of halogens is 1. The van der Waals surface area contributed by atoms with Crippen molar-refractivity contribution in [2.24, 2.45) is 0 Å². The number of hydrogen-bond acceptors (Lipinski definition) is 5. The number of amides is 1. The Morgan fingerprint density at radius 2 is 2.08 bits per heavy atom. The van der Waals surface area contributed by atoms with Gasteiger partial charge in [-0.2, -0.15) is 0 Å². The van der Waals surface area contributed by atoms with Crippen molar-refractivity contribution in [3.63, 3.8) is 0 Å². The Bertz CT molecular complexity index is 1020. The molecule has 6 nitrogen and oxygen atoms in total. The summed E-state index contributed by atoms with van der Waals surface area (Å²) in [6.45, 7) is 1.88. The third-order valence-electron chi connectivity index (χ3n) is 3.56. The van der Waals surface area contributed by atoms with Gasteiger partial charge in [-0.15, -0.1) is 0 Å². The Balaban J connectivity index is 1.73. The number of aryl methyl sites for hydroxylation is 1. The number of nitrogen functional groups attached to an aromatic ring is 1. The number of benzene rings is 2. The average molecular weight is 375 g/mol.